The van der Waals surface area contributed by atoms with E-state index in [-0.39, 0.29) is 18.2 Å². The van der Waals surface area contributed by atoms with Crippen LogP contribution in [0.5, 0.6) is 0 Å². The van der Waals surface area contributed by atoms with Gasteiger partial charge in [0, 0.05) is 26.4 Å². The summed E-state index contributed by atoms with van der Waals surface area (Å²) in [5.41, 5.74) is 0. The summed E-state index contributed by atoms with van der Waals surface area (Å²) in [6.45, 7) is 3.98. The van der Waals surface area contributed by atoms with E-state index in [0.717, 1.165) is 32.1 Å². The predicted molar refractivity (Wildman–Crippen MR) is 77.4 cm³/mol. The van der Waals surface area contributed by atoms with Gasteiger partial charge in [0.1, 0.15) is 11.9 Å². The van der Waals surface area contributed by atoms with Crippen molar-refractivity contribution in [3.63, 3.8) is 0 Å². The topological polar surface area (TPSA) is 52.6 Å². The van der Waals surface area contributed by atoms with Gasteiger partial charge in [-0.25, -0.2) is 0 Å². The van der Waals surface area contributed by atoms with Gasteiger partial charge in [0.15, 0.2) is 0 Å². The van der Waals surface area contributed by atoms with Crippen molar-refractivity contribution in [2.24, 2.45) is 0 Å². The molecule has 114 valence electrons. The zero-order valence-corrected chi connectivity index (χ0v) is 12.6. The number of ether oxygens (including phenoxy) is 2. The minimum Gasteiger partial charge on any atom is -0.458 e. The Kier molecular flexibility index (Phi) is 8.19. The largest absolute Gasteiger partial charge is 0.458 e. The third kappa shape index (κ3) is 7.43. The molecule has 0 heterocycles. The number of hydrogen-bond donors (Lipinski definition) is 0. The molecule has 0 aliphatic heterocycles. The average molecular weight is 282 g/mol. The van der Waals surface area contributed by atoms with Crippen LogP contribution < -0.4 is 0 Å². The molecule has 0 amide bonds. The molecule has 2 unspecified atom stereocenters. The first-order valence-corrected chi connectivity index (χ1v) is 7.59. The number of hydrogen-bond acceptors (Lipinski definition) is 4. The third-order valence-corrected chi connectivity index (χ3v) is 3.43. The van der Waals surface area contributed by atoms with Crippen LogP contribution in [0.15, 0.2) is 12.2 Å². The van der Waals surface area contributed by atoms with Crippen LogP contribution in [-0.2, 0) is 19.1 Å². The summed E-state index contributed by atoms with van der Waals surface area (Å²) in [6.07, 6.45) is 9.83. The van der Waals surface area contributed by atoms with Crippen LogP contribution in [0.1, 0.15) is 58.8 Å². The summed E-state index contributed by atoms with van der Waals surface area (Å²) in [4.78, 5) is 22.1. The van der Waals surface area contributed by atoms with E-state index in [9.17, 15) is 9.59 Å². The molecule has 0 saturated carbocycles. The normalized spacial score (nSPS) is 24.5. The number of Topliss-reactive ketones (excluding diaryl/α,β-unsaturated/α-hetero) is 1. The van der Waals surface area contributed by atoms with E-state index in [0.29, 0.717) is 25.2 Å². The Labute approximate surface area is 121 Å². The van der Waals surface area contributed by atoms with Gasteiger partial charge >= 0.3 is 5.97 Å². The van der Waals surface area contributed by atoms with E-state index in [1.54, 1.807) is 0 Å². The quantitative estimate of drug-likeness (QED) is 0.409. The van der Waals surface area contributed by atoms with Gasteiger partial charge in [-0.1, -0.05) is 13.0 Å². The number of carbonyl (C=O) groups is 2. The molecule has 4 nitrogen and oxygen atoms in total. The Balaban J connectivity index is 2.22. The van der Waals surface area contributed by atoms with Gasteiger partial charge in [0.2, 0.25) is 0 Å². The maximum Gasteiger partial charge on any atom is 0.303 e. The SMILES string of the molecule is CCC(=O)CCCOC1C/C=C/C(OC(C)=O)CCC1. The fourth-order valence-electron chi connectivity index (χ4n) is 2.30. The molecular weight excluding hydrogens is 256 g/mol. The molecule has 0 bridgehead atoms. The van der Waals surface area contributed by atoms with Crippen molar-refractivity contribution in [2.45, 2.75) is 71.0 Å². The van der Waals surface area contributed by atoms with E-state index in [2.05, 4.69) is 0 Å². The van der Waals surface area contributed by atoms with Crippen molar-refractivity contribution in [2.75, 3.05) is 6.61 Å². The van der Waals surface area contributed by atoms with E-state index >= 15 is 0 Å². The first-order valence-electron chi connectivity index (χ1n) is 7.59. The Hall–Kier alpha value is -1.16. The van der Waals surface area contributed by atoms with E-state index < -0.39 is 0 Å². The van der Waals surface area contributed by atoms with Gasteiger partial charge in [-0.05, 0) is 38.2 Å². The smallest absolute Gasteiger partial charge is 0.303 e. The van der Waals surface area contributed by atoms with Gasteiger partial charge in [-0.2, -0.15) is 0 Å². The monoisotopic (exact) mass is 282 g/mol. The van der Waals surface area contributed by atoms with Crippen molar-refractivity contribution in [3.8, 4) is 0 Å². The molecule has 0 aromatic heterocycles. The number of rotatable bonds is 7. The second-order valence-corrected chi connectivity index (χ2v) is 5.23. The summed E-state index contributed by atoms with van der Waals surface area (Å²) in [6, 6.07) is 0. The highest BCUT2D eigenvalue weighted by Crippen LogP contribution is 2.17. The molecule has 0 aromatic rings. The molecule has 1 aliphatic rings. The van der Waals surface area contributed by atoms with Crippen molar-refractivity contribution >= 4 is 11.8 Å². The summed E-state index contributed by atoms with van der Waals surface area (Å²) >= 11 is 0. The summed E-state index contributed by atoms with van der Waals surface area (Å²) < 4.78 is 11.0. The van der Waals surface area contributed by atoms with E-state index in [1.165, 1.54) is 6.92 Å². The lowest BCUT2D eigenvalue weighted by Crippen LogP contribution is -2.19. The van der Waals surface area contributed by atoms with Gasteiger partial charge in [0.05, 0.1) is 6.10 Å². The molecule has 1 rings (SSSR count). The van der Waals surface area contributed by atoms with Crippen LogP contribution in [0.3, 0.4) is 0 Å². The van der Waals surface area contributed by atoms with Crippen LogP contribution in [0.2, 0.25) is 0 Å². The number of ketones is 1. The Morgan fingerprint density at radius 1 is 1.30 bits per heavy atom. The van der Waals surface area contributed by atoms with Crippen LogP contribution in [0, 0.1) is 0 Å². The lowest BCUT2D eigenvalue weighted by atomic mass is 10.0. The van der Waals surface area contributed by atoms with Gasteiger partial charge in [-0.3, -0.25) is 9.59 Å². The molecular formula is C16H26O4. The summed E-state index contributed by atoms with van der Waals surface area (Å²) in [7, 11) is 0. The number of esters is 1. The fraction of sp³-hybridized carbons (Fsp3) is 0.750. The Bertz CT molecular complexity index is 335. The lowest BCUT2D eigenvalue weighted by molar-refractivity contribution is -0.144. The first-order chi connectivity index (χ1) is 9.61. The third-order valence-electron chi connectivity index (χ3n) is 3.43. The predicted octanol–water partition coefficient (Wildman–Crippen LogP) is 3.19. The number of carbonyl (C=O) groups excluding carboxylic acids is 2. The summed E-state index contributed by atoms with van der Waals surface area (Å²) in [5, 5.41) is 0. The molecule has 0 N–H and O–H groups in total. The van der Waals surface area contributed by atoms with Crippen molar-refractivity contribution in [1.29, 1.82) is 0 Å². The van der Waals surface area contributed by atoms with Crippen molar-refractivity contribution in [1.82, 2.24) is 0 Å². The van der Waals surface area contributed by atoms with E-state index in [1.807, 2.05) is 19.1 Å². The zero-order chi connectivity index (χ0) is 14.8. The molecule has 20 heavy (non-hydrogen) atoms. The Morgan fingerprint density at radius 3 is 2.80 bits per heavy atom. The first kappa shape index (κ1) is 16.9. The lowest BCUT2D eigenvalue weighted by Gasteiger charge is -2.21. The maximum atomic E-state index is 11.2. The fourth-order valence-corrected chi connectivity index (χ4v) is 2.30. The molecule has 0 radical (unpaired) electrons. The molecule has 0 aromatic carbocycles. The Morgan fingerprint density at radius 2 is 2.10 bits per heavy atom. The molecule has 0 fully saturated rings. The van der Waals surface area contributed by atoms with E-state index in [4.69, 9.17) is 9.47 Å². The highest BCUT2D eigenvalue weighted by molar-refractivity contribution is 5.77. The van der Waals surface area contributed by atoms with Crippen LogP contribution in [0.4, 0.5) is 0 Å². The molecule has 1 aliphatic carbocycles. The zero-order valence-electron chi connectivity index (χ0n) is 12.6. The van der Waals surface area contributed by atoms with Crippen molar-refractivity contribution < 1.29 is 19.1 Å². The van der Waals surface area contributed by atoms with Crippen LogP contribution in [0.25, 0.3) is 0 Å². The highest BCUT2D eigenvalue weighted by Gasteiger charge is 2.15. The highest BCUT2D eigenvalue weighted by atomic mass is 16.5. The van der Waals surface area contributed by atoms with Gasteiger partial charge < -0.3 is 9.47 Å². The molecule has 0 saturated heterocycles. The van der Waals surface area contributed by atoms with Gasteiger partial charge in [-0.15, -0.1) is 0 Å². The second-order valence-electron chi connectivity index (χ2n) is 5.23. The summed E-state index contributed by atoms with van der Waals surface area (Å²) in [5.74, 6) is 0.0731. The van der Waals surface area contributed by atoms with Gasteiger partial charge in [0.25, 0.3) is 0 Å². The minimum absolute atomic E-state index is 0.0874. The molecule has 0 spiro atoms. The van der Waals surface area contributed by atoms with Crippen molar-refractivity contribution in [3.05, 3.63) is 12.2 Å². The van der Waals surface area contributed by atoms with Crippen LogP contribution >= 0.6 is 0 Å². The maximum absolute atomic E-state index is 11.2. The average Bonchev–Trinajstić information content (AvgIpc) is 2.38. The second kappa shape index (κ2) is 9.70. The van der Waals surface area contributed by atoms with Crippen LogP contribution in [-0.4, -0.2) is 30.6 Å². The minimum atomic E-state index is -0.228. The standard InChI is InChI=1S/C16H26O4/c1-3-14(18)7-6-12-19-15-8-4-10-16(11-5-9-15)20-13(2)17/h4,10,15-16H,3,5-9,11-12H2,1-2H3/b10-4+. The molecule has 2 atom stereocenters. The molecule has 4 heteroatoms.